The van der Waals surface area contributed by atoms with Crippen LogP contribution in [0.3, 0.4) is 0 Å². The van der Waals surface area contributed by atoms with E-state index in [-0.39, 0.29) is 29.7 Å². The molecule has 0 bridgehead atoms. The van der Waals surface area contributed by atoms with E-state index in [9.17, 15) is 13.9 Å². The third-order valence-corrected chi connectivity index (χ3v) is 10.2. The Morgan fingerprint density at radius 1 is 1.20 bits per heavy atom. The topological polar surface area (TPSA) is 109 Å². The van der Waals surface area contributed by atoms with E-state index >= 15 is 0 Å². The van der Waals surface area contributed by atoms with E-state index in [1.165, 1.54) is 0 Å². The van der Waals surface area contributed by atoms with Crippen molar-refractivity contribution in [2.24, 2.45) is 5.92 Å². The smallest absolute Gasteiger partial charge is 0.224 e. The molecule has 1 saturated carbocycles. The second-order valence-electron chi connectivity index (χ2n) is 10.6. The summed E-state index contributed by atoms with van der Waals surface area (Å²) in [5.74, 6) is 0.660. The van der Waals surface area contributed by atoms with Gasteiger partial charge in [0, 0.05) is 36.0 Å². The fraction of sp³-hybridized carbons (Fsp3) is 0.577. The van der Waals surface area contributed by atoms with Crippen molar-refractivity contribution in [3.05, 3.63) is 35.0 Å². The van der Waals surface area contributed by atoms with Gasteiger partial charge < -0.3 is 10.2 Å². The van der Waals surface area contributed by atoms with Gasteiger partial charge in [-0.1, -0.05) is 45.7 Å². The van der Waals surface area contributed by atoms with Crippen LogP contribution < -0.4 is 10.2 Å². The lowest BCUT2D eigenvalue weighted by atomic mass is 9.76. The van der Waals surface area contributed by atoms with E-state index < -0.39 is 10.6 Å². The number of amides is 1. The molecule has 0 unspecified atom stereocenters. The number of thiazole rings is 1. The highest BCUT2D eigenvalue weighted by molar-refractivity contribution is 8.24. The number of carbonyl (C=O) groups excluding carboxylic acids is 1. The first-order chi connectivity index (χ1) is 16.6. The molecule has 2 fully saturated rings. The second kappa shape index (κ2) is 10.5. The Hall–Kier alpha value is -2.12. The van der Waals surface area contributed by atoms with Gasteiger partial charge in [-0.05, 0) is 30.5 Å². The number of nitrogens with zero attached hydrogens (tertiary/aromatic N) is 3. The van der Waals surface area contributed by atoms with Crippen LogP contribution in [0.15, 0.2) is 24.3 Å². The Balaban J connectivity index is 1.65. The van der Waals surface area contributed by atoms with Gasteiger partial charge in [-0.2, -0.15) is 15.9 Å². The average molecular weight is 517 g/mol. The lowest BCUT2D eigenvalue weighted by molar-refractivity contribution is -0.126. The molecule has 4 rings (SSSR count). The molecule has 2 heterocycles. The third-order valence-electron chi connectivity index (χ3n) is 6.96. The maximum atomic E-state index is 12.9. The van der Waals surface area contributed by atoms with Crippen LogP contribution in [0.2, 0.25) is 0 Å². The highest BCUT2D eigenvalue weighted by atomic mass is 32.3. The SMILES string of the molecule is CC(C)(C)c1nc([C@@H]2CCCC[C@H]2C(=O)NCC#N)c(-c2ccc(N3CCS(O)(O)CC3)cc2)s1. The largest absolute Gasteiger partial charge is 0.368 e. The highest BCUT2D eigenvalue weighted by Gasteiger charge is 2.36. The Bertz CT molecular complexity index is 1080. The molecule has 9 heteroatoms. The molecule has 35 heavy (non-hydrogen) atoms. The Morgan fingerprint density at radius 3 is 2.49 bits per heavy atom. The van der Waals surface area contributed by atoms with Crippen molar-refractivity contribution in [2.45, 2.75) is 57.8 Å². The Morgan fingerprint density at radius 2 is 1.86 bits per heavy atom. The molecular formula is C26H36N4O3S2. The Kier molecular flexibility index (Phi) is 7.77. The van der Waals surface area contributed by atoms with Crippen molar-refractivity contribution in [1.29, 1.82) is 5.26 Å². The van der Waals surface area contributed by atoms with Gasteiger partial charge >= 0.3 is 0 Å². The third kappa shape index (κ3) is 6.00. The van der Waals surface area contributed by atoms with Gasteiger partial charge in [0.05, 0.1) is 33.2 Å². The number of rotatable bonds is 5. The first kappa shape index (κ1) is 26.0. The minimum atomic E-state index is -2.42. The van der Waals surface area contributed by atoms with E-state index in [2.05, 4.69) is 55.3 Å². The number of anilines is 1. The summed E-state index contributed by atoms with van der Waals surface area (Å²) in [7, 11) is -2.42. The molecule has 0 spiro atoms. The molecule has 190 valence electrons. The van der Waals surface area contributed by atoms with Crippen molar-refractivity contribution in [1.82, 2.24) is 10.3 Å². The number of aromatic nitrogens is 1. The van der Waals surface area contributed by atoms with Crippen molar-refractivity contribution in [3.63, 3.8) is 0 Å². The number of nitriles is 1. The molecule has 2 aromatic rings. The minimum absolute atomic E-state index is 0.0341. The molecular weight excluding hydrogens is 480 g/mol. The van der Waals surface area contributed by atoms with Gasteiger partial charge in [0.1, 0.15) is 6.54 Å². The van der Waals surface area contributed by atoms with E-state index in [0.29, 0.717) is 24.6 Å². The molecule has 1 amide bonds. The van der Waals surface area contributed by atoms with Gasteiger partial charge in [0.25, 0.3) is 0 Å². The van der Waals surface area contributed by atoms with Crippen molar-refractivity contribution in [3.8, 4) is 16.5 Å². The summed E-state index contributed by atoms with van der Waals surface area (Å²) in [6.45, 7) is 7.82. The van der Waals surface area contributed by atoms with Crippen LogP contribution >= 0.6 is 21.9 Å². The normalized spacial score (nSPS) is 23.4. The zero-order valence-electron chi connectivity index (χ0n) is 20.8. The van der Waals surface area contributed by atoms with Crippen molar-refractivity contribution < 1.29 is 13.9 Å². The average Bonchev–Trinajstić information content (AvgIpc) is 3.29. The summed E-state index contributed by atoms with van der Waals surface area (Å²) in [6.07, 6.45) is 3.82. The zero-order chi connectivity index (χ0) is 25.2. The van der Waals surface area contributed by atoms with E-state index in [4.69, 9.17) is 10.2 Å². The number of nitrogens with one attached hydrogen (secondary N) is 1. The fourth-order valence-electron chi connectivity index (χ4n) is 4.95. The van der Waals surface area contributed by atoms with Crippen molar-refractivity contribution in [2.75, 3.05) is 36.0 Å². The fourth-order valence-corrected chi connectivity index (χ4v) is 7.38. The summed E-state index contributed by atoms with van der Waals surface area (Å²) in [6, 6.07) is 10.5. The Labute approximate surface area is 213 Å². The predicted molar refractivity (Wildman–Crippen MR) is 144 cm³/mol. The number of carbonyl (C=O) groups is 1. The number of hydrogen-bond acceptors (Lipinski definition) is 7. The molecule has 2 aliphatic rings. The van der Waals surface area contributed by atoms with Crippen LogP contribution in [-0.2, 0) is 10.2 Å². The molecule has 0 radical (unpaired) electrons. The molecule has 3 N–H and O–H groups in total. The van der Waals surface area contributed by atoms with E-state index in [0.717, 1.165) is 52.5 Å². The minimum Gasteiger partial charge on any atom is -0.368 e. The molecule has 1 aliphatic heterocycles. The second-order valence-corrected chi connectivity index (χ2v) is 14.0. The number of benzene rings is 1. The van der Waals surface area contributed by atoms with E-state index in [1.807, 2.05) is 6.07 Å². The lowest BCUT2D eigenvalue weighted by Crippen LogP contribution is -2.38. The molecule has 1 aromatic heterocycles. The van der Waals surface area contributed by atoms with Gasteiger partial charge in [0.15, 0.2) is 0 Å². The summed E-state index contributed by atoms with van der Waals surface area (Å²) in [4.78, 5) is 21.4. The molecule has 7 nitrogen and oxygen atoms in total. The quantitative estimate of drug-likeness (QED) is 0.447. The first-order valence-electron chi connectivity index (χ1n) is 12.3. The van der Waals surface area contributed by atoms with Gasteiger partial charge in [-0.15, -0.1) is 11.3 Å². The van der Waals surface area contributed by atoms with Crippen LogP contribution in [0.25, 0.3) is 10.4 Å². The summed E-state index contributed by atoms with van der Waals surface area (Å²) >= 11 is 1.71. The van der Waals surface area contributed by atoms with Crippen LogP contribution in [0.5, 0.6) is 0 Å². The van der Waals surface area contributed by atoms with Crippen LogP contribution in [0, 0.1) is 17.2 Å². The maximum absolute atomic E-state index is 12.9. The zero-order valence-corrected chi connectivity index (χ0v) is 22.4. The first-order valence-corrected chi connectivity index (χ1v) is 15.0. The lowest BCUT2D eigenvalue weighted by Gasteiger charge is -2.41. The summed E-state index contributed by atoms with van der Waals surface area (Å²) < 4.78 is 19.8. The molecule has 1 saturated heterocycles. The molecule has 1 aliphatic carbocycles. The van der Waals surface area contributed by atoms with Gasteiger partial charge in [-0.3, -0.25) is 13.9 Å². The summed E-state index contributed by atoms with van der Waals surface area (Å²) in [5, 5.41) is 12.8. The van der Waals surface area contributed by atoms with Gasteiger partial charge in [0.2, 0.25) is 5.91 Å². The monoisotopic (exact) mass is 516 g/mol. The number of hydrogen-bond donors (Lipinski definition) is 3. The van der Waals surface area contributed by atoms with Crippen molar-refractivity contribution >= 4 is 33.5 Å². The molecule has 2 atom stereocenters. The van der Waals surface area contributed by atoms with Gasteiger partial charge in [-0.25, -0.2) is 4.98 Å². The van der Waals surface area contributed by atoms with Crippen LogP contribution in [-0.4, -0.2) is 51.1 Å². The molecule has 1 aromatic carbocycles. The standard InChI is InChI=1S/C26H36N4O3S2/c1-26(2,3)25-29-22(20-6-4-5-7-21(20)24(31)28-13-12-27)23(34-25)18-8-10-19(11-9-18)30-14-16-35(32,33)17-15-30/h8-11,20-21,32-33H,4-7,13-17H2,1-3H3,(H,28,31)/t20-,21-/m1/s1. The maximum Gasteiger partial charge on any atom is 0.224 e. The van der Waals surface area contributed by atoms with Crippen LogP contribution in [0.1, 0.15) is 63.1 Å². The highest BCUT2D eigenvalue weighted by Crippen LogP contribution is 2.46. The van der Waals surface area contributed by atoms with Crippen LogP contribution in [0.4, 0.5) is 5.69 Å². The van der Waals surface area contributed by atoms with E-state index in [1.54, 1.807) is 11.3 Å². The predicted octanol–water partition coefficient (Wildman–Crippen LogP) is 5.59. The summed E-state index contributed by atoms with van der Waals surface area (Å²) in [5.41, 5.74) is 3.09.